The van der Waals surface area contributed by atoms with E-state index in [-0.39, 0.29) is 11.9 Å². The molecule has 1 aliphatic carbocycles. The van der Waals surface area contributed by atoms with Crippen molar-refractivity contribution in [3.63, 3.8) is 0 Å². The molecule has 4 nitrogen and oxygen atoms in total. The number of aromatic amines is 1. The number of allylic oxidation sites excluding steroid dienone is 3. The van der Waals surface area contributed by atoms with E-state index in [2.05, 4.69) is 40.3 Å². The summed E-state index contributed by atoms with van der Waals surface area (Å²) in [5.74, 6) is 0.917. The number of hydrogen-bond acceptors (Lipinski definition) is 2. The molecule has 0 spiro atoms. The number of benzene rings is 1. The van der Waals surface area contributed by atoms with Gasteiger partial charge < -0.3 is 9.88 Å². The Balaban J connectivity index is 1.76. The second-order valence-electron chi connectivity index (χ2n) is 6.07. The largest absolute Gasteiger partial charge is 0.341 e. The Morgan fingerprint density at radius 3 is 2.91 bits per heavy atom. The van der Waals surface area contributed by atoms with Gasteiger partial charge in [0, 0.05) is 18.9 Å². The fourth-order valence-corrected chi connectivity index (χ4v) is 3.64. The molecule has 1 amide bonds. The van der Waals surface area contributed by atoms with Gasteiger partial charge in [-0.1, -0.05) is 48.6 Å². The van der Waals surface area contributed by atoms with Gasteiger partial charge in [0.2, 0.25) is 0 Å². The van der Waals surface area contributed by atoms with Crippen molar-refractivity contribution < 1.29 is 4.79 Å². The van der Waals surface area contributed by atoms with E-state index in [4.69, 9.17) is 0 Å². The third-order valence-corrected chi connectivity index (χ3v) is 4.74. The smallest absolute Gasteiger partial charge is 0.290 e. The van der Waals surface area contributed by atoms with Crippen LogP contribution in [0.3, 0.4) is 0 Å². The number of fused-ring (bicyclic) bond motifs is 1. The number of imidazole rings is 1. The van der Waals surface area contributed by atoms with E-state index in [0.29, 0.717) is 11.7 Å². The van der Waals surface area contributed by atoms with Gasteiger partial charge in [-0.15, -0.1) is 0 Å². The number of H-pyrrole nitrogens is 1. The van der Waals surface area contributed by atoms with E-state index in [0.717, 1.165) is 19.4 Å². The van der Waals surface area contributed by atoms with Crippen LogP contribution in [0.4, 0.5) is 0 Å². The summed E-state index contributed by atoms with van der Waals surface area (Å²) in [5, 5.41) is 0. The monoisotopic (exact) mass is 305 g/mol. The lowest BCUT2D eigenvalue weighted by molar-refractivity contribution is 0.0632. The fraction of sp³-hybridized carbons (Fsp3) is 0.263. The van der Waals surface area contributed by atoms with Crippen molar-refractivity contribution in [3.8, 4) is 0 Å². The highest BCUT2D eigenvalue weighted by atomic mass is 16.2. The predicted molar refractivity (Wildman–Crippen MR) is 88.8 cm³/mol. The van der Waals surface area contributed by atoms with E-state index in [9.17, 15) is 4.79 Å². The number of nitrogens with one attached hydrogen (secondary N) is 1. The zero-order valence-corrected chi connectivity index (χ0v) is 12.9. The number of hydrogen-bond donors (Lipinski definition) is 1. The Bertz CT molecular complexity index is 746. The van der Waals surface area contributed by atoms with Crippen molar-refractivity contribution in [2.75, 3.05) is 6.54 Å². The molecule has 2 heterocycles. The van der Waals surface area contributed by atoms with Gasteiger partial charge in [0.1, 0.15) is 0 Å². The van der Waals surface area contributed by atoms with Crippen molar-refractivity contribution in [2.24, 2.45) is 5.92 Å². The highest BCUT2D eigenvalue weighted by molar-refractivity contribution is 5.91. The Morgan fingerprint density at radius 1 is 1.26 bits per heavy atom. The Morgan fingerprint density at radius 2 is 2.13 bits per heavy atom. The molecular formula is C19H19N3O. The first-order valence-electron chi connectivity index (χ1n) is 8.06. The molecule has 0 bridgehead atoms. The minimum Gasteiger partial charge on any atom is -0.341 e. The molecule has 4 rings (SSSR count). The van der Waals surface area contributed by atoms with Crippen LogP contribution in [-0.2, 0) is 0 Å². The summed E-state index contributed by atoms with van der Waals surface area (Å²) in [6, 6.07) is 10.3. The highest BCUT2D eigenvalue weighted by Gasteiger charge is 2.37. The molecule has 1 N–H and O–H groups in total. The van der Waals surface area contributed by atoms with Gasteiger partial charge in [-0.05, 0) is 29.9 Å². The fourth-order valence-electron chi connectivity index (χ4n) is 3.64. The maximum Gasteiger partial charge on any atom is 0.290 e. The summed E-state index contributed by atoms with van der Waals surface area (Å²) >= 11 is 0. The normalized spacial score (nSPS) is 23.3. The van der Waals surface area contributed by atoms with Crippen LogP contribution < -0.4 is 0 Å². The number of likely N-dealkylation sites (tertiary alicyclic amines) is 1. The average molecular weight is 305 g/mol. The van der Waals surface area contributed by atoms with Gasteiger partial charge in [0.05, 0.1) is 6.04 Å². The van der Waals surface area contributed by atoms with Crippen LogP contribution in [0.5, 0.6) is 0 Å². The standard InChI is InChI=1S/C19H19N3O/c23-19(18-20-11-12-21-18)22-13-10-14-6-4-5-9-16(14)17(22)15-7-2-1-3-8-15/h1-5,7-9,11-12,14,17H,6,10,13H2,(H,20,21). The number of nitrogens with zero attached hydrogens (tertiary/aromatic N) is 2. The third-order valence-electron chi connectivity index (χ3n) is 4.74. The second-order valence-corrected chi connectivity index (χ2v) is 6.07. The summed E-state index contributed by atoms with van der Waals surface area (Å²) in [6.45, 7) is 0.759. The number of piperidine rings is 1. The molecule has 1 aromatic carbocycles. The highest BCUT2D eigenvalue weighted by Crippen LogP contribution is 2.42. The van der Waals surface area contributed by atoms with Gasteiger partial charge in [-0.25, -0.2) is 4.98 Å². The van der Waals surface area contributed by atoms with Crippen molar-refractivity contribution >= 4 is 5.91 Å². The maximum atomic E-state index is 12.9. The quantitative estimate of drug-likeness (QED) is 0.923. The lowest BCUT2D eigenvalue weighted by Gasteiger charge is -2.42. The Kier molecular flexibility index (Phi) is 3.58. The van der Waals surface area contributed by atoms with Crippen LogP contribution >= 0.6 is 0 Å². The zero-order chi connectivity index (χ0) is 15.6. The molecular weight excluding hydrogens is 286 g/mol. The number of amides is 1. The molecule has 2 aliphatic rings. The van der Waals surface area contributed by atoms with Gasteiger partial charge in [0.15, 0.2) is 5.82 Å². The molecule has 1 saturated heterocycles. The van der Waals surface area contributed by atoms with Crippen LogP contribution in [0, 0.1) is 5.92 Å². The van der Waals surface area contributed by atoms with Crippen LogP contribution in [0.15, 0.2) is 66.5 Å². The molecule has 1 aliphatic heterocycles. The van der Waals surface area contributed by atoms with Crippen LogP contribution in [-0.4, -0.2) is 27.3 Å². The summed E-state index contributed by atoms with van der Waals surface area (Å²) < 4.78 is 0. The van der Waals surface area contributed by atoms with E-state index in [1.807, 2.05) is 23.1 Å². The molecule has 2 atom stereocenters. The lowest BCUT2D eigenvalue weighted by atomic mass is 9.78. The molecule has 2 unspecified atom stereocenters. The van der Waals surface area contributed by atoms with Gasteiger partial charge in [-0.2, -0.15) is 0 Å². The molecule has 23 heavy (non-hydrogen) atoms. The van der Waals surface area contributed by atoms with Gasteiger partial charge >= 0.3 is 0 Å². The third kappa shape index (κ3) is 2.50. The van der Waals surface area contributed by atoms with E-state index >= 15 is 0 Å². The van der Waals surface area contributed by atoms with E-state index in [1.165, 1.54) is 11.1 Å². The van der Waals surface area contributed by atoms with E-state index < -0.39 is 0 Å². The first kappa shape index (κ1) is 14.0. The summed E-state index contributed by atoms with van der Waals surface area (Å²) in [5.41, 5.74) is 2.50. The van der Waals surface area contributed by atoms with Crippen LogP contribution in [0.2, 0.25) is 0 Å². The van der Waals surface area contributed by atoms with Crippen molar-refractivity contribution in [1.29, 1.82) is 0 Å². The predicted octanol–water partition coefficient (Wildman–Crippen LogP) is 3.50. The summed E-state index contributed by atoms with van der Waals surface area (Å²) in [7, 11) is 0. The first-order valence-corrected chi connectivity index (χ1v) is 8.06. The average Bonchev–Trinajstić information content (AvgIpc) is 3.15. The summed E-state index contributed by atoms with van der Waals surface area (Å²) in [6.07, 6.45) is 11.9. The number of carbonyl (C=O) groups excluding carboxylic acids is 1. The Labute approximate surface area is 135 Å². The second kappa shape index (κ2) is 5.88. The molecule has 0 saturated carbocycles. The molecule has 2 aromatic rings. The number of carbonyl (C=O) groups is 1. The zero-order valence-electron chi connectivity index (χ0n) is 12.9. The number of aromatic nitrogens is 2. The van der Waals surface area contributed by atoms with Crippen LogP contribution in [0.25, 0.3) is 0 Å². The van der Waals surface area contributed by atoms with Crippen molar-refractivity contribution in [2.45, 2.75) is 18.9 Å². The molecule has 0 radical (unpaired) electrons. The minimum atomic E-state index is -0.0299. The molecule has 4 heteroatoms. The maximum absolute atomic E-state index is 12.9. The number of rotatable bonds is 2. The van der Waals surface area contributed by atoms with Crippen LogP contribution in [0.1, 0.15) is 35.1 Å². The molecule has 1 aromatic heterocycles. The first-order chi connectivity index (χ1) is 11.3. The lowest BCUT2D eigenvalue weighted by Crippen LogP contribution is -2.43. The minimum absolute atomic E-state index is 0.00231. The van der Waals surface area contributed by atoms with Gasteiger partial charge in [-0.3, -0.25) is 4.79 Å². The van der Waals surface area contributed by atoms with Gasteiger partial charge in [0.25, 0.3) is 5.91 Å². The Hall–Kier alpha value is -2.62. The van der Waals surface area contributed by atoms with Crippen molar-refractivity contribution in [1.82, 2.24) is 14.9 Å². The van der Waals surface area contributed by atoms with Crippen molar-refractivity contribution in [3.05, 3.63) is 77.9 Å². The molecule has 1 fully saturated rings. The topological polar surface area (TPSA) is 49.0 Å². The van der Waals surface area contributed by atoms with E-state index in [1.54, 1.807) is 12.4 Å². The SMILES string of the molecule is O=C(c1ncc[nH]1)N1CCC2CC=CC=C2C1c1ccccc1. The summed E-state index contributed by atoms with van der Waals surface area (Å²) in [4.78, 5) is 21.9. The molecule has 116 valence electrons.